The predicted octanol–water partition coefficient (Wildman–Crippen LogP) is 3.43. The van der Waals surface area contributed by atoms with Crippen molar-refractivity contribution in [3.05, 3.63) is 47.8 Å². The molecular formula is C15H18N2. The molecule has 1 heterocycles. The van der Waals surface area contributed by atoms with E-state index in [2.05, 4.69) is 61.2 Å². The van der Waals surface area contributed by atoms with Crippen LogP contribution in [0.5, 0.6) is 0 Å². The van der Waals surface area contributed by atoms with Crippen LogP contribution < -0.4 is 4.90 Å². The SMILES string of the molecule is Cc1ccc(-c2ccnc(C)c2)c(N(C)C)c1. The largest absolute Gasteiger partial charge is 0.377 e. The highest BCUT2D eigenvalue weighted by molar-refractivity contribution is 5.78. The van der Waals surface area contributed by atoms with Crippen molar-refractivity contribution in [3.8, 4) is 11.1 Å². The van der Waals surface area contributed by atoms with Crippen LogP contribution in [-0.2, 0) is 0 Å². The molecule has 0 fully saturated rings. The standard InChI is InChI=1S/C15H18N2/c1-11-5-6-14(15(9-11)17(3)4)13-7-8-16-12(2)10-13/h5-10H,1-4H3. The average molecular weight is 226 g/mol. The Morgan fingerprint density at radius 2 is 1.76 bits per heavy atom. The second kappa shape index (κ2) is 4.58. The number of nitrogens with zero attached hydrogens (tertiary/aromatic N) is 2. The van der Waals surface area contributed by atoms with Crippen molar-refractivity contribution in [2.75, 3.05) is 19.0 Å². The van der Waals surface area contributed by atoms with E-state index in [0.29, 0.717) is 0 Å². The monoisotopic (exact) mass is 226 g/mol. The fourth-order valence-electron chi connectivity index (χ4n) is 1.97. The third kappa shape index (κ3) is 2.47. The number of aryl methyl sites for hydroxylation is 2. The van der Waals surface area contributed by atoms with Gasteiger partial charge in [0.2, 0.25) is 0 Å². The number of anilines is 1. The Hall–Kier alpha value is -1.83. The number of benzene rings is 1. The molecule has 2 rings (SSSR count). The van der Waals surface area contributed by atoms with E-state index in [4.69, 9.17) is 0 Å². The molecule has 0 atom stereocenters. The van der Waals surface area contributed by atoms with Gasteiger partial charge in [0.15, 0.2) is 0 Å². The summed E-state index contributed by atoms with van der Waals surface area (Å²) in [6, 6.07) is 10.7. The van der Waals surface area contributed by atoms with Crippen LogP contribution >= 0.6 is 0 Å². The van der Waals surface area contributed by atoms with Gasteiger partial charge in [-0.3, -0.25) is 4.98 Å². The molecule has 2 aromatic rings. The summed E-state index contributed by atoms with van der Waals surface area (Å²) < 4.78 is 0. The van der Waals surface area contributed by atoms with Gasteiger partial charge in [0.1, 0.15) is 0 Å². The lowest BCUT2D eigenvalue weighted by atomic mass is 10.0. The van der Waals surface area contributed by atoms with Gasteiger partial charge in [-0.2, -0.15) is 0 Å². The zero-order chi connectivity index (χ0) is 12.4. The molecule has 0 saturated carbocycles. The number of pyridine rings is 1. The third-order valence-corrected chi connectivity index (χ3v) is 2.84. The second-order valence-corrected chi connectivity index (χ2v) is 4.60. The van der Waals surface area contributed by atoms with Crippen LogP contribution in [0, 0.1) is 13.8 Å². The van der Waals surface area contributed by atoms with Crippen molar-refractivity contribution in [3.63, 3.8) is 0 Å². The minimum Gasteiger partial charge on any atom is -0.377 e. The summed E-state index contributed by atoms with van der Waals surface area (Å²) in [5.41, 5.74) is 6.05. The molecule has 0 unspecified atom stereocenters. The van der Waals surface area contributed by atoms with Crippen molar-refractivity contribution in [2.24, 2.45) is 0 Å². The molecule has 0 amide bonds. The molecule has 0 N–H and O–H groups in total. The predicted molar refractivity (Wildman–Crippen MR) is 73.5 cm³/mol. The second-order valence-electron chi connectivity index (χ2n) is 4.60. The van der Waals surface area contributed by atoms with E-state index in [1.54, 1.807) is 0 Å². The van der Waals surface area contributed by atoms with Crippen LogP contribution in [0.4, 0.5) is 5.69 Å². The van der Waals surface area contributed by atoms with Crippen LogP contribution in [0.15, 0.2) is 36.5 Å². The first-order chi connectivity index (χ1) is 8.08. The lowest BCUT2D eigenvalue weighted by Gasteiger charge is -2.18. The molecule has 0 spiro atoms. The highest BCUT2D eigenvalue weighted by Gasteiger charge is 2.07. The Labute approximate surface area is 103 Å². The van der Waals surface area contributed by atoms with E-state index < -0.39 is 0 Å². The Morgan fingerprint density at radius 3 is 2.41 bits per heavy atom. The van der Waals surface area contributed by atoms with E-state index in [1.807, 2.05) is 13.1 Å². The molecule has 0 radical (unpaired) electrons. The first kappa shape index (κ1) is 11.6. The van der Waals surface area contributed by atoms with E-state index in [0.717, 1.165) is 5.69 Å². The van der Waals surface area contributed by atoms with Crippen LogP contribution in [0.1, 0.15) is 11.3 Å². The summed E-state index contributed by atoms with van der Waals surface area (Å²) in [5.74, 6) is 0. The summed E-state index contributed by atoms with van der Waals surface area (Å²) in [4.78, 5) is 6.39. The van der Waals surface area contributed by atoms with E-state index in [1.165, 1.54) is 22.4 Å². The zero-order valence-electron chi connectivity index (χ0n) is 10.9. The molecule has 1 aromatic heterocycles. The number of hydrogen-bond donors (Lipinski definition) is 0. The minimum atomic E-state index is 1.05. The van der Waals surface area contributed by atoms with Gasteiger partial charge < -0.3 is 4.90 Å². The van der Waals surface area contributed by atoms with Gasteiger partial charge in [0.25, 0.3) is 0 Å². The highest BCUT2D eigenvalue weighted by Crippen LogP contribution is 2.30. The third-order valence-electron chi connectivity index (χ3n) is 2.84. The molecule has 0 aliphatic rings. The first-order valence-electron chi connectivity index (χ1n) is 5.79. The molecule has 2 heteroatoms. The lowest BCUT2D eigenvalue weighted by Crippen LogP contribution is -2.10. The molecule has 0 bridgehead atoms. The van der Waals surface area contributed by atoms with E-state index >= 15 is 0 Å². The maximum atomic E-state index is 4.24. The quantitative estimate of drug-likeness (QED) is 0.780. The summed E-state index contributed by atoms with van der Waals surface area (Å²) in [6.07, 6.45) is 1.87. The Morgan fingerprint density at radius 1 is 1.00 bits per heavy atom. The lowest BCUT2D eigenvalue weighted by molar-refractivity contribution is 1.13. The Kier molecular flexibility index (Phi) is 3.14. The first-order valence-corrected chi connectivity index (χ1v) is 5.79. The van der Waals surface area contributed by atoms with Gasteiger partial charge in [0.05, 0.1) is 0 Å². The van der Waals surface area contributed by atoms with Crippen molar-refractivity contribution >= 4 is 5.69 Å². The molecular weight excluding hydrogens is 208 g/mol. The molecule has 0 aliphatic carbocycles. The number of hydrogen-bond acceptors (Lipinski definition) is 2. The fraction of sp³-hybridized carbons (Fsp3) is 0.267. The van der Waals surface area contributed by atoms with Gasteiger partial charge >= 0.3 is 0 Å². The molecule has 88 valence electrons. The fourth-order valence-corrected chi connectivity index (χ4v) is 1.97. The van der Waals surface area contributed by atoms with Gasteiger partial charge in [0, 0.05) is 37.2 Å². The topological polar surface area (TPSA) is 16.1 Å². The summed E-state index contributed by atoms with van der Waals surface area (Å²) in [6.45, 7) is 4.14. The normalized spacial score (nSPS) is 10.4. The summed E-state index contributed by atoms with van der Waals surface area (Å²) >= 11 is 0. The smallest absolute Gasteiger partial charge is 0.0443 e. The maximum absolute atomic E-state index is 4.24. The Balaban J connectivity index is 2.59. The molecule has 0 aliphatic heterocycles. The number of rotatable bonds is 2. The van der Waals surface area contributed by atoms with Crippen molar-refractivity contribution < 1.29 is 0 Å². The van der Waals surface area contributed by atoms with E-state index in [9.17, 15) is 0 Å². The summed E-state index contributed by atoms with van der Waals surface area (Å²) in [5, 5.41) is 0. The minimum absolute atomic E-state index is 1.05. The molecule has 0 saturated heterocycles. The molecule has 1 aromatic carbocycles. The van der Waals surface area contributed by atoms with Gasteiger partial charge in [-0.1, -0.05) is 12.1 Å². The van der Waals surface area contributed by atoms with Crippen LogP contribution in [-0.4, -0.2) is 19.1 Å². The van der Waals surface area contributed by atoms with Crippen molar-refractivity contribution in [1.29, 1.82) is 0 Å². The number of aromatic nitrogens is 1. The molecule has 2 nitrogen and oxygen atoms in total. The van der Waals surface area contributed by atoms with Crippen LogP contribution in [0.2, 0.25) is 0 Å². The molecule has 17 heavy (non-hydrogen) atoms. The highest BCUT2D eigenvalue weighted by atomic mass is 15.1. The van der Waals surface area contributed by atoms with Crippen LogP contribution in [0.25, 0.3) is 11.1 Å². The van der Waals surface area contributed by atoms with Gasteiger partial charge in [-0.15, -0.1) is 0 Å². The van der Waals surface area contributed by atoms with Crippen LogP contribution in [0.3, 0.4) is 0 Å². The van der Waals surface area contributed by atoms with Gasteiger partial charge in [-0.05, 0) is 43.2 Å². The average Bonchev–Trinajstić information content (AvgIpc) is 2.28. The maximum Gasteiger partial charge on any atom is 0.0443 e. The van der Waals surface area contributed by atoms with Crippen molar-refractivity contribution in [2.45, 2.75) is 13.8 Å². The summed E-state index contributed by atoms with van der Waals surface area (Å²) in [7, 11) is 4.15. The zero-order valence-corrected chi connectivity index (χ0v) is 10.9. The van der Waals surface area contributed by atoms with Crippen molar-refractivity contribution in [1.82, 2.24) is 4.98 Å². The van der Waals surface area contributed by atoms with Gasteiger partial charge in [-0.25, -0.2) is 0 Å². The Bertz CT molecular complexity index is 530. The van der Waals surface area contributed by atoms with E-state index in [-0.39, 0.29) is 0 Å².